The van der Waals surface area contributed by atoms with Crippen LogP contribution in [0.2, 0.25) is 0 Å². The number of nitrogens with zero attached hydrogens (tertiary/aromatic N) is 1. The summed E-state index contributed by atoms with van der Waals surface area (Å²) in [5.74, 6) is -0.0432. The van der Waals surface area contributed by atoms with Crippen LogP contribution in [-0.4, -0.2) is 13.4 Å². The summed E-state index contributed by atoms with van der Waals surface area (Å²) in [4.78, 5) is 0.376. The van der Waals surface area contributed by atoms with Crippen LogP contribution in [0.25, 0.3) is 0 Å². The van der Waals surface area contributed by atoms with Gasteiger partial charge in [-0.3, -0.25) is 0 Å². The van der Waals surface area contributed by atoms with E-state index in [1.54, 1.807) is 18.4 Å². The van der Waals surface area contributed by atoms with Crippen molar-refractivity contribution in [3.8, 4) is 11.8 Å². The summed E-state index contributed by atoms with van der Waals surface area (Å²) in [5.41, 5.74) is 0.0464. The van der Waals surface area contributed by atoms with E-state index in [2.05, 4.69) is 0 Å². The molecule has 0 aliphatic rings. The van der Waals surface area contributed by atoms with Gasteiger partial charge < -0.3 is 4.74 Å². The number of nitriles is 1. The van der Waals surface area contributed by atoms with E-state index in [0.29, 0.717) is 10.6 Å². The highest BCUT2D eigenvalue weighted by atomic mass is 32.2. The Morgan fingerprint density at radius 1 is 1.54 bits per heavy atom. The van der Waals surface area contributed by atoms with Gasteiger partial charge in [0.05, 0.1) is 17.6 Å². The fourth-order valence-electron chi connectivity index (χ4n) is 0.976. The lowest BCUT2D eigenvalue weighted by Gasteiger charge is -2.07. The van der Waals surface area contributed by atoms with E-state index in [4.69, 9.17) is 10.00 Å². The Morgan fingerprint density at radius 3 is 2.69 bits per heavy atom. The first-order valence-electron chi connectivity index (χ1n) is 3.55. The molecule has 2 nitrogen and oxygen atoms in total. The molecule has 68 valence electrons. The molecule has 0 atom stereocenters. The second-order valence-corrected chi connectivity index (χ2v) is 3.09. The monoisotopic (exact) mass is 197 g/mol. The summed E-state index contributed by atoms with van der Waals surface area (Å²) >= 11 is 1.23. The molecule has 0 unspecified atom stereocenters. The lowest BCUT2D eigenvalue weighted by molar-refractivity contribution is 0.397. The summed E-state index contributed by atoms with van der Waals surface area (Å²) in [6.45, 7) is 0. The Hall–Kier alpha value is -1.21. The Balaban J connectivity index is 3.34. The molecule has 0 spiro atoms. The van der Waals surface area contributed by atoms with Crippen molar-refractivity contribution < 1.29 is 9.13 Å². The first-order valence-corrected chi connectivity index (χ1v) is 4.77. The van der Waals surface area contributed by atoms with Crippen LogP contribution < -0.4 is 4.74 Å². The second kappa shape index (κ2) is 4.15. The van der Waals surface area contributed by atoms with Crippen LogP contribution in [-0.2, 0) is 0 Å². The smallest absolute Gasteiger partial charge is 0.158 e. The highest BCUT2D eigenvalue weighted by molar-refractivity contribution is 7.98. The van der Waals surface area contributed by atoms with E-state index in [1.165, 1.54) is 24.9 Å². The zero-order chi connectivity index (χ0) is 9.84. The molecule has 0 saturated heterocycles. The quantitative estimate of drug-likeness (QED) is 0.682. The molecule has 1 aromatic carbocycles. The summed E-state index contributed by atoms with van der Waals surface area (Å²) in [6.07, 6.45) is 1.74. The fraction of sp³-hybridized carbons (Fsp3) is 0.222. The van der Waals surface area contributed by atoms with Gasteiger partial charge in [0.2, 0.25) is 0 Å². The summed E-state index contributed by atoms with van der Waals surface area (Å²) in [5, 5.41) is 8.56. The van der Waals surface area contributed by atoms with Gasteiger partial charge in [0.1, 0.15) is 11.8 Å². The topological polar surface area (TPSA) is 33.0 Å². The van der Waals surface area contributed by atoms with Crippen LogP contribution >= 0.6 is 11.8 Å². The molecular weight excluding hydrogens is 189 g/mol. The van der Waals surface area contributed by atoms with Crippen molar-refractivity contribution in [2.45, 2.75) is 4.90 Å². The van der Waals surface area contributed by atoms with Gasteiger partial charge in [-0.05, 0) is 18.4 Å². The Kier molecular flexibility index (Phi) is 3.15. The van der Waals surface area contributed by atoms with Crippen LogP contribution in [0.15, 0.2) is 17.0 Å². The minimum absolute atomic E-state index is 0.0464. The van der Waals surface area contributed by atoms with Crippen molar-refractivity contribution in [1.29, 1.82) is 5.26 Å². The van der Waals surface area contributed by atoms with Crippen molar-refractivity contribution in [3.63, 3.8) is 0 Å². The van der Waals surface area contributed by atoms with Gasteiger partial charge in [-0.25, -0.2) is 4.39 Å². The third-order valence-electron chi connectivity index (χ3n) is 1.61. The molecule has 1 rings (SSSR count). The summed E-state index contributed by atoms with van der Waals surface area (Å²) in [6, 6.07) is 4.78. The zero-order valence-electron chi connectivity index (χ0n) is 7.30. The Labute approximate surface area is 80.3 Å². The lowest BCUT2D eigenvalue weighted by atomic mass is 10.2. The van der Waals surface area contributed by atoms with E-state index in [9.17, 15) is 4.39 Å². The molecule has 0 amide bonds. The highest BCUT2D eigenvalue weighted by Gasteiger charge is 2.12. The van der Waals surface area contributed by atoms with E-state index < -0.39 is 5.82 Å². The zero-order valence-corrected chi connectivity index (χ0v) is 8.11. The van der Waals surface area contributed by atoms with E-state index >= 15 is 0 Å². The number of rotatable bonds is 2. The number of hydrogen-bond acceptors (Lipinski definition) is 3. The molecule has 13 heavy (non-hydrogen) atoms. The van der Waals surface area contributed by atoms with Gasteiger partial charge in [0.25, 0.3) is 0 Å². The van der Waals surface area contributed by atoms with E-state index in [-0.39, 0.29) is 5.56 Å². The molecular formula is C9H8FNOS. The first-order chi connectivity index (χ1) is 6.24. The van der Waals surface area contributed by atoms with Crippen molar-refractivity contribution in [2.75, 3.05) is 13.4 Å². The Morgan fingerprint density at radius 2 is 2.23 bits per heavy atom. The molecule has 0 aliphatic carbocycles. The van der Waals surface area contributed by atoms with Crippen molar-refractivity contribution >= 4 is 11.8 Å². The normalized spacial score (nSPS) is 9.38. The van der Waals surface area contributed by atoms with Crippen LogP contribution in [0, 0.1) is 17.1 Å². The number of hydrogen-bond donors (Lipinski definition) is 0. The average molecular weight is 197 g/mol. The second-order valence-electron chi connectivity index (χ2n) is 2.27. The number of thioether (sulfide) groups is 1. The molecule has 0 aromatic heterocycles. The van der Waals surface area contributed by atoms with Crippen molar-refractivity contribution in [2.24, 2.45) is 0 Å². The highest BCUT2D eigenvalue weighted by Crippen LogP contribution is 2.31. The van der Waals surface area contributed by atoms with Gasteiger partial charge in [0, 0.05) is 0 Å². The molecule has 0 radical (unpaired) electrons. The van der Waals surface area contributed by atoms with Crippen LogP contribution in [0.1, 0.15) is 5.56 Å². The maximum absolute atomic E-state index is 13.4. The first kappa shape index (κ1) is 9.87. The van der Waals surface area contributed by atoms with Crippen LogP contribution in [0.5, 0.6) is 5.75 Å². The molecule has 0 bridgehead atoms. The standard InChI is InChI=1S/C9H8FNOS/c1-12-7-4-3-6(5-11)8(10)9(7)13-2/h3-4H,1-2H3. The van der Waals surface area contributed by atoms with Crippen molar-refractivity contribution in [3.05, 3.63) is 23.5 Å². The van der Waals surface area contributed by atoms with E-state index in [1.807, 2.05) is 0 Å². The maximum atomic E-state index is 13.4. The predicted molar refractivity (Wildman–Crippen MR) is 49.4 cm³/mol. The number of ether oxygens (including phenoxy) is 1. The molecule has 0 N–H and O–H groups in total. The van der Waals surface area contributed by atoms with Crippen LogP contribution in [0.4, 0.5) is 4.39 Å². The summed E-state index contributed by atoms with van der Waals surface area (Å²) in [7, 11) is 1.47. The Bertz CT molecular complexity index is 359. The molecule has 4 heteroatoms. The third-order valence-corrected chi connectivity index (χ3v) is 2.39. The SMILES string of the molecule is COc1ccc(C#N)c(F)c1SC. The minimum atomic E-state index is -0.505. The minimum Gasteiger partial charge on any atom is -0.495 e. The fourth-order valence-corrected chi connectivity index (χ4v) is 1.62. The van der Waals surface area contributed by atoms with Gasteiger partial charge in [-0.15, -0.1) is 11.8 Å². The molecule has 1 aromatic rings. The molecule has 0 heterocycles. The van der Waals surface area contributed by atoms with Crippen LogP contribution in [0.3, 0.4) is 0 Å². The van der Waals surface area contributed by atoms with Crippen molar-refractivity contribution in [1.82, 2.24) is 0 Å². The molecule has 0 aliphatic heterocycles. The molecule has 0 saturated carbocycles. The average Bonchev–Trinajstić information content (AvgIpc) is 2.17. The third kappa shape index (κ3) is 1.76. The van der Waals surface area contributed by atoms with Gasteiger partial charge >= 0.3 is 0 Å². The lowest BCUT2D eigenvalue weighted by Crippen LogP contribution is -1.92. The van der Waals surface area contributed by atoms with Gasteiger partial charge in [-0.1, -0.05) is 0 Å². The number of methoxy groups -OCH3 is 1. The largest absolute Gasteiger partial charge is 0.495 e. The maximum Gasteiger partial charge on any atom is 0.158 e. The number of halogens is 1. The van der Waals surface area contributed by atoms with E-state index in [0.717, 1.165) is 0 Å². The van der Waals surface area contributed by atoms with Gasteiger partial charge in [0.15, 0.2) is 5.82 Å². The van der Waals surface area contributed by atoms with Gasteiger partial charge in [-0.2, -0.15) is 5.26 Å². The summed E-state index contributed by atoms with van der Waals surface area (Å²) < 4.78 is 18.3. The predicted octanol–water partition coefficient (Wildman–Crippen LogP) is 2.43. The number of benzene rings is 1. The molecule has 0 fully saturated rings.